The molecule has 0 spiro atoms. The minimum atomic E-state index is -0.0952. The van der Waals surface area contributed by atoms with E-state index >= 15 is 0 Å². The van der Waals surface area contributed by atoms with Gasteiger partial charge in [0.1, 0.15) is 0 Å². The molecule has 3 N–H and O–H groups in total. The van der Waals surface area contributed by atoms with Crippen LogP contribution >= 0.6 is 11.8 Å². The van der Waals surface area contributed by atoms with Crippen LogP contribution in [0.5, 0.6) is 0 Å². The second-order valence-corrected chi connectivity index (χ2v) is 7.48. The third-order valence-corrected chi connectivity index (χ3v) is 5.43. The van der Waals surface area contributed by atoms with Crippen molar-refractivity contribution in [3.63, 3.8) is 0 Å². The SMILES string of the molecule is NCc1ccc(C(=O)Nc2ccc(CCN3CCSCC3)cc2)cc1. The van der Waals surface area contributed by atoms with Crippen molar-refractivity contribution < 1.29 is 4.79 Å². The minimum Gasteiger partial charge on any atom is -0.326 e. The van der Waals surface area contributed by atoms with E-state index in [1.807, 2.05) is 48.2 Å². The summed E-state index contributed by atoms with van der Waals surface area (Å²) < 4.78 is 0. The van der Waals surface area contributed by atoms with Gasteiger partial charge >= 0.3 is 0 Å². The lowest BCUT2D eigenvalue weighted by atomic mass is 10.1. The summed E-state index contributed by atoms with van der Waals surface area (Å²) in [4.78, 5) is 14.8. The van der Waals surface area contributed by atoms with Crippen LogP contribution in [0.3, 0.4) is 0 Å². The zero-order valence-electron chi connectivity index (χ0n) is 14.4. The summed E-state index contributed by atoms with van der Waals surface area (Å²) in [6, 6.07) is 15.6. The number of rotatable bonds is 6. The lowest BCUT2D eigenvalue weighted by molar-refractivity contribution is 0.102. The van der Waals surface area contributed by atoms with Gasteiger partial charge in [-0.25, -0.2) is 0 Å². The molecule has 25 heavy (non-hydrogen) atoms. The number of thioether (sulfide) groups is 1. The predicted octanol–water partition coefficient (Wildman–Crippen LogP) is 2.99. The van der Waals surface area contributed by atoms with Crippen molar-refractivity contribution in [3.8, 4) is 0 Å². The maximum atomic E-state index is 12.3. The molecule has 132 valence electrons. The van der Waals surface area contributed by atoms with E-state index in [4.69, 9.17) is 5.73 Å². The van der Waals surface area contributed by atoms with Gasteiger partial charge in [-0.2, -0.15) is 11.8 Å². The fourth-order valence-electron chi connectivity index (χ4n) is 2.86. The standard InChI is InChI=1S/C20H25N3OS/c21-15-17-1-5-18(6-2-17)20(24)22-19-7-3-16(4-8-19)9-10-23-11-13-25-14-12-23/h1-8H,9-15,21H2,(H,22,24). The van der Waals surface area contributed by atoms with Gasteiger partial charge in [0.2, 0.25) is 0 Å². The molecule has 2 aromatic rings. The highest BCUT2D eigenvalue weighted by atomic mass is 32.2. The van der Waals surface area contributed by atoms with E-state index in [9.17, 15) is 4.79 Å². The molecule has 0 bridgehead atoms. The Morgan fingerprint density at radius 3 is 2.28 bits per heavy atom. The molecule has 1 saturated heterocycles. The Balaban J connectivity index is 1.51. The van der Waals surface area contributed by atoms with E-state index in [1.165, 1.54) is 30.2 Å². The predicted molar refractivity (Wildman–Crippen MR) is 106 cm³/mol. The van der Waals surface area contributed by atoms with E-state index in [2.05, 4.69) is 22.3 Å². The second kappa shape index (κ2) is 9.04. The largest absolute Gasteiger partial charge is 0.326 e. The summed E-state index contributed by atoms with van der Waals surface area (Å²) in [7, 11) is 0. The van der Waals surface area contributed by atoms with E-state index in [-0.39, 0.29) is 5.91 Å². The first-order valence-electron chi connectivity index (χ1n) is 8.74. The lowest BCUT2D eigenvalue weighted by Gasteiger charge is -2.26. The van der Waals surface area contributed by atoms with Crippen molar-refractivity contribution in [2.45, 2.75) is 13.0 Å². The summed E-state index contributed by atoms with van der Waals surface area (Å²) in [5.74, 6) is 2.40. The highest BCUT2D eigenvalue weighted by Crippen LogP contribution is 2.14. The van der Waals surface area contributed by atoms with Crippen molar-refractivity contribution >= 4 is 23.4 Å². The normalized spacial score (nSPS) is 15.1. The topological polar surface area (TPSA) is 58.4 Å². The van der Waals surface area contributed by atoms with Gasteiger partial charge in [-0.15, -0.1) is 0 Å². The van der Waals surface area contributed by atoms with Gasteiger partial charge in [0, 0.05) is 48.9 Å². The van der Waals surface area contributed by atoms with Gasteiger partial charge in [-0.1, -0.05) is 24.3 Å². The molecule has 4 nitrogen and oxygen atoms in total. The smallest absolute Gasteiger partial charge is 0.255 e. The molecule has 0 unspecified atom stereocenters. The lowest BCUT2D eigenvalue weighted by Crippen LogP contribution is -2.34. The molecule has 1 aliphatic rings. The fourth-order valence-corrected chi connectivity index (χ4v) is 3.84. The molecular weight excluding hydrogens is 330 g/mol. The van der Waals surface area contributed by atoms with Crippen molar-refractivity contribution in [3.05, 3.63) is 65.2 Å². The van der Waals surface area contributed by atoms with Gasteiger partial charge in [0.15, 0.2) is 0 Å². The number of hydrogen-bond donors (Lipinski definition) is 2. The average Bonchev–Trinajstić information content (AvgIpc) is 2.68. The Morgan fingerprint density at radius 2 is 1.64 bits per heavy atom. The summed E-state index contributed by atoms with van der Waals surface area (Å²) in [5, 5.41) is 2.95. The Bertz CT molecular complexity index is 679. The van der Waals surface area contributed by atoms with E-state index in [0.717, 1.165) is 24.2 Å². The molecule has 1 amide bonds. The van der Waals surface area contributed by atoms with E-state index in [0.29, 0.717) is 12.1 Å². The Labute approximate surface area is 153 Å². The molecular formula is C20H25N3OS. The van der Waals surface area contributed by atoms with E-state index < -0.39 is 0 Å². The summed E-state index contributed by atoms with van der Waals surface area (Å²) in [5.41, 5.74) is 9.38. The quantitative estimate of drug-likeness (QED) is 0.836. The van der Waals surface area contributed by atoms with Crippen LogP contribution in [0, 0.1) is 0 Å². The van der Waals surface area contributed by atoms with Gasteiger partial charge in [0.05, 0.1) is 0 Å². The van der Waals surface area contributed by atoms with Crippen LogP contribution < -0.4 is 11.1 Å². The van der Waals surface area contributed by atoms with Crippen LogP contribution in [0.15, 0.2) is 48.5 Å². The van der Waals surface area contributed by atoms with Crippen molar-refractivity contribution in [1.82, 2.24) is 4.90 Å². The molecule has 0 atom stereocenters. The van der Waals surface area contributed by atoms with Gasteiger partial charge in [-0.3, -0.25) is 4.79 Å². The molecule has 1 heterocycles. The molecule has 0 aromatic heterocycles. The Kier molecular flexibility index (Phi) is 6.50. The first-order chi connectivity index (χ1) is 12.2. The number of carbonyl (C=O) groups is 1. The van der Waals surface area contributed by atoms with E-state index in [1.54, 1.807) is 0 Å². The first kappa shape index (κ1) is 18.0. The zero-order chi connectivity index (χ0) is 17.5. The van der Waals surface area contributed by atoms with Gasteiger partial charge < -0.3 is 16.0 Å². The molecule has 3 rings (SSSR count). The molecule has 0 saturated carbocycles. The summed E-state index contributed by atoms with van der Waals surface area (Å²) >= 11 is 2.04. The molecule has 1 aliphatic heterocycles. The number of hydrogen-bond acceptors (Lipinski definition) is 4. The fraction of sp³-hybridized carbons (Fsp3) is 0.350. The molecule has 1 fully saturated rings. The third-order valence-electron chi connectivity index (χ3n) is 4.48. The summed E-state index contributed by atoms with van der Waals surface area (Å²) in [6.45, 7) is 3.99. The minimum absolute atomic E-state index is 0.0952. The van der Waals surface area contributed by atoms with Crippen LogP contribution in [-0.2, 0) is 13.0 Å². The number of nitrogens with one attached hydrogen (secondary N) is 1. The van der Waals surface area contributed by atoms with Crippen molar-refractivity contribution in [1.29, 1.82) is 0 Å². The number of anilines is 1. The monoisotopic (exact) mass is 355 g/mol. The third kappa shape index (κ3) is 5.33. The number of carbonyl (C=O) groups excluding carboxylic acids is 1. The van der Waals surface area contributed by atoms with Crippen LogP contribution in [0.4, 0.5) is 5.69 Å². The van der Waals surface area contributed by atoms with Crippen molar-refractivity contribution in [2.24, 2.45) is 5.73 Å². The van der Waals surface area contributed by atoms with Crippen LogP contribution in [0.2, 0.25) is 0 Å². The van der Waals surface area contributed by atoms with Crippen LogP contribution in [0.25, 0.3) is 0 Å². The second-order valence-electron chi connectivity index (χ2n) is 6.26. The number of nitrogens with two attached hydrogens (primary N) is 1. The maximum absolute atomic E-state index is 12.3. The van der Waals surface area contributed by atoms with Crippen LogP contribution in [0.1, 0.15) is 21.5 Å². The number of amides is 1. The Morgan fingerprint density at radius 1 is 1.00 bits per heavy atom. The Hall–Kier alpha value is -1.82. The van der Waals surface area contributed by atoms with Gasteiger partial charge in [-0.05, 0) is 41.8 Å². The first-order valence-corrected chi connectivity index (χ1v) is 9.89. The molecule has 0 radical (unpaired) electrons. The molecule has 2 aromatic carbocycles. The highest BCUT2D eigenvalue weighted by Gasteiger charge is 2.10. The average molecular weight is 356 g/mol. The van der Waals surface area contributed by atoms with Crippen molar-refractivity contribution in [2.75, 3.05) is 36.5 Å². The maximum Gasteiger partial charge on any atom is 0.255 e. The molecule has 5 heteroatoms. The number of benzene rings is 2. The highest BCUT2D eigenvalue weighted by molar-refractivity contribution is 7.99. The zero-order valence-corrected chi connectivity index (χ0v) is 15.2. The van der Waals surface area contributed by atoms with Gasteiger partial charge in [0.25, 0.3) is 5.91 Å². The number of nitrogens with zero attached hydrogens (tertiary/aromatic N) is 1. The molecule has 0 aliphatic carbocycles. The summed E-state index contributed by atoms with van der Waals surface area (Å²) in [6.07, 6.45) is 1.06. The van der Waals surface area contributed by atoms with Crippen LogP contribution in [-0.4, -0.2) is 41.9 Å².